The predicted octanol–water partition coefficient (Wildman–Crippen LogP) is 2.18. The number of fused-ring (bicyclic) bond motifs is 1. The van der Waals surface area contributed by atoms with Gasteiger partial charge >= 0.3 is 0 Å². The Hall–Kier alpha value is -2.27. The molecule has 1 amide bonds. The Balaban J connectivity index is 1.43. The molecule has 3 heterocycles. The summed E-state index contributed by atoms with van der Waals surface area (Å²) in [5, 5.41) is 3.25. The van der Waals surface area contributed by atoms with Crippen LogP contribution in [-0.2, 0) is 13.6 Å². The Bertz CT molecular complexity index is 745. The van der Waals surface area contributed by atoms with Crippen molar-refractivity contribution < 1.29 is 9.53 Å². The molecule has 4 rings (SSSR count). The maximum absolute atomic E-state index is 12.6. The highest BCUT2D eigenvalue weighted by atomic mass is 16.5. The average molecular weight is 325 g/mol. The van der Waals surface area contributed by atoms with Gasteiger partial charge in [-0.15, -0.1) is 0 Å². The van der Waals surface area contributed by atoms with Crippen LogP contribution in [0.25, 0.3) is 0 Å². The maximum Gasteiger partial charge on any atom is 0.255 e. The van der Waals surface area contributed by atoms with E-state index in [1.165, 1.54) is 5.69 Å². The van der Waals surface area contributed by atoms with Gasteiger partial charge in [0.1, 0.15) is 12.4 Å². The predicted molar refractivity (Wildman–Crippen MR) is 92.1 cm³/mol. The molecule has 1 aromatic carbocycles. The van der Waals surface area contributed by atoms with Gasteiger partial charge in [0.15, 0.2) is 0 Å². The maximum atomic E-state index is 12.6. The van der Waals surface area contributed by atoms with Gasteiger partial charge in [-0.25, -0.2) is 0 Å². The van der Waals surface area contributed by atoms with E-state index in [-0.39, 0.29) is 11.4 Å². The number of carbonyl (C=O) groups is 1. The summed E-state index contributed by atoms with van der Waals surface area (Å²) in [4.78, 5) is 15.0. The van der Waals surface area contributed by atoms with Gasteiger partial charge in [-0.3, -0.25) is 9.69 Å². The van der Waals surface area contributed by atoms with Gasteiger partial charge in [-0.1, -0.05) is 12.1 Å². The van der Waals surface area contributed by atoms with Crippen LogP contribution in [0.2, 0.25) is 0 Å². The van der Waals surface area contributed by atoms with Crippen molar-refractivity contribution in [2.75, 3.05) is 19.7 Å². The first-order chi connectivity index (χ1) is 11.7. The molecule has 0 aliphatic carbocycles. The van der Waals surface area contributed by atoms with Crippen molar-refractivity contribution in [2.45, 2.75) is 24.9 Å². The Labute approximate surface area is 142 Å². The van der Waals surface area contributed by atoms with Crippen LogP contribution in [-0.4, -0.2) is 40.6 Å². The van der Waals surface area contributed by atoms with E-state index in [1.807, 2.05) is 24.3 Å². The number of likely N-dealkylation sites (tertiary alicyclic amines) is 1. The minimum atomic E-state index is -0.249. The summed E-state index contributed by atoms with van der Waals surface area (Å²) in [6, 6.07) is 11.7. The van der Waals surface area contributed by atoms with Gasteiger partial charge in [-0.2, -0.15) is 0 Å². The lowest BCUT2D eigenvalue weighted by Crippen LogP contribution is -2.57. The zero-order chi connectivity index (χ0) is 16.6. The SMILES string of the molecule is Cn1cccc1CN1CCC2(CC1)COc1ccccc1C(=O)N2. The molecule has 2 aromatic rings. The second-order valence-electron chi connectivity index (χ2n) is 6.91. The molecule has 5 heteroatoms. The van der Waals surface area contributed by atoms with E-state index < -0.39 is 0 Å². The number of aromatic nitrogens is 1. The van der Waals surface area contributed by atoms with Gasteiger partial charge in [0.25, 0.3) is 5.91 Å². The fourth-order valence-electron chi connectivity index (χ4n) is 3.64. The number of piperidine rings is 1. The van der Waals surface area contributed by atoms with Gasteiger partial charge in [0.2, 0.25) is 0 Å². The third-order valence-electron chi connectivity index (χ3n) is 5.26. The molecule has 5 nitrogen and oxygen atoms in total. The number of rotatable bonds is 2. The summed E-state index contributed by atoms with van der Waals surface area (Å²) in [6.45, 7) is 3.43. The minimum Gasteiger partial charge on any atom is -0.490 e. The molecule has 126 valence electrons. The third-order valence-corrected chi connectivity index (χ3v) is 5.26. The highest BCUT2D eigenvalue weighted by Gasteiger charge is 2.39. The number of nitrogens with zero attached hydrogens (tertiary/aromatic N) is 2. The quantitative estimate of drug-likeness (QED) is 0.921. The van der Waals surface area contributed by atoms with Crippen molar-refractivity contribution in [1.82, 2.24) is 14.8 Å². The van der Waals surface area contributed by atoms with Crippen LogP contribution in [0.15, 0.2) is 42.6 Å². The van der Waals surface area contributed by atoms with E-state index in [0.29, 0.717) is 17.9 Å². The number of aryl methyl sites for hydroxylation is 1. The molecule has 2 aliphatic heterocycles. The first kappa shape index (κ1) is 15.3. The summed E-state index contributed by atoms with van der Waals surface area (Å²) < 4.78 is 8.13. The van der Waals surface area contributed by atoms with Crippen LogP contribution in [0.4, 0.5) is 0 Å². The Morgan fingerprint density at radius 2 is 1.96 bits per heavy atom. The topological polar surface area (TPSA) is 46.5 Å². The van der Waals surface area contributed by atoms with Crippen molar-refractivity contribution in [3.8, 4) is 5.75 Å². The second kappa shape index (κ2) is 5.98. The molecular formula is C19H23N3O2. The summed E-state index contributed by atoms with van der Waals surface area (Å²) in [5.74, 6) is 0.678. The molecule has 0 saturated carbocycles. The fraction of sp³-hybridized carbons (Fsp3) is 0.421. The zero-order valence-corrected chi connectivity index (χ0v) is 14.0. The van der Waals surface area contributed by atoms with Crippen molar-refractivity contribution in [2.24, 2.45) is 7.05 Å². The summed E-state index contributed by atoms with van der Waals surface area (Å²) in [6.07, 6.45) is 3.91. The standard InChI is InChI=1S/C19H23N3O2/c1-21-10-4-5-15(21)13-22-11-8-19(9-12-22)14-24-17-7-3-2-6-16(17)18(23)20-19/h2-7,10H,8-9,11-14H2,1H3,(H,20,23). The van der Waals surface area contributed by atoms with Crippen molar-refractivity contribution in [3.63, 3.8) is 0 Å². The van der Waals surface area contributed by atoms with Gasteiger partial charge in [0, 0.05) is 38.6 Å². The highest BCUT2D eigenvalue weighted by molar-refractivity contribution is 5.97. The highest BCUT2D eigenvalue weighted by Crippen LogP contribution is 2.30. The summed E-state index contributed by atoms with van der Waals surface area (Å²) in [7, 11) is 2.08. The molecule has 0 radical (unpaired) electrons. The largest absolute Gasteiger partial charge is 0.490 e. The fourth-order valence-corrected chi connectivity index (χ4v) is 3.64. The van der Waals surface area contributed by atoms with E-state index in [4.69, 9.17) is 4.74 Å². The van der Waals surface area contributed by atoms with Crippen LogP contribution in [0.1, 0.15) is 28.9 Å². The van der Waals surface area contributed by atoms with E-state index in [1.54, 1.807) is 0 Å². The average Bonchev–Trinajstić information content (AvgIpc) is 2.94. The first-order valence-electron chi connectivity index (χ1n) is 8.52. The van der Waals surface area contributed by atoms with E-state index >= 15 is 0 Å². The number of para-hydroxylation sites is 1. The molecule has 1 aromatic heterocycles. The van der Waals surface area contributed by atoms with E-state index in [9.17, 15) is 4.79 Å². The molecule has 1 fully saturated rings. The van der Waals surface area contributed by atoms with Crippen LogP contribution < -0.4 is 10.1 Å². The second-order valence-corrected chi connectivity index (χ2v) is 6.91. The lowest BCUT2D eigenvalue weighted by Gasteiger charge is -2.41. The lowest BCUT2D eigenvalue weighted by molar-refractivity contribution is 0.0704. The number of hydrogen-bond acceptors (Lipinski definition) is 3. The van der Waals surface area contributed by atoms with Gasteiger partial charge in [-0.05, 0) is 37.1 Å². The summed E-state index contributed by atoms with van der Waals surface area (Å²) in [5.41, 5.74) is 1.71. The first-order valence-corrected chi connectivity index (χ1v) is 8.52. The Morgan fingerprint density at radius 1 is 1.17 bits per heavy atom. The number of ether oxygens (including phenoxy) is 1. The Morgan fingerprint density at radius 3 is 2.71 bits per heavy atom. The van der Waals surface area contributed by atoms with Crippen molar-refractivity contribution >= 4 is 5.91 Å². The number of benzene rings is 1. The van der Waals surface area contributed by atoms with Crippen LogP contribution in [0.3, 0.4) is 0 Å². The molecule has 1 saturated heterocycles. The molecule has 1 N–H and O–H groups in total. The lowest BCUT2D eigenvalue weighted by atomic mass is 9.88. The van der Waals surface area contributed by atoms with Crippen LogP contribution in [0.5, 0.6) is 5.75 Å². The van der Waals surface area contributed by atoms with E-state index in [0.717, 1.165) is 32.5 Å². The van der Waals surface area contributed by atoms with Crippen molar-refractivity contribution in [1.29, 1.82) is 0 Å². The molecule has 1 spiro atoms. The smallest absolute Gasteiger partial charge is 0.255 e. The normalized spacial score (nSPS) is 20.1. The van der Waals surface area contributed by atoms with Gasteiger partial charge in [0.05, 0.1) is 11.1 Å². The molecule has 0 unspecified atom stereocenters. The Kier molecular flexibility index (Phi) is 3.81. The third kappa shape index (κ3) is 2.80. The minimum absolute atomic E-state index is 0.0148. The zero-order valence-electron chi connectivity index (χ0n) is 14.0. The summed E-state index contributed by atoms with van der Waals surface area (Å²) >= 11 is 0. The molecule has 0 atom stereocenters. The molecular weight excluding hydrogens is 302 g/mol. The number of nitrogens with one attached hydrogen (secondary N) is 1. The monoisotopic (exact) mass is 325 g/mol. The van der Waals surface area contributed by atoms with Crippen LogP contribution in [0, 0.1) is 0 Å². The van der Waals surface area contributed by atoms with E-state index in [2.05, 4.69) is 40.2 Å². The molecule has 24 heavy (non-hydrogen) atoms. The number of hydrogen-bond donors (Lipinski definition) is 1. The molecule has 0 bridgehead atoms. The number of amides is 1. The van der Waals surface area contributed by atoms with Crippen LogP contribution >= 0.6 is 0 Å². The van der Waals surface area contributed by atoms with Crippen molar-refractivity contribution in [3.05, 3.63) is 53.9 Å². The number of carbonyl (C=O) groups excluding carboxylic acids is 1. The van der Waals surface area contributed by atoms with Gasteiger partial charge < -0.3 is 14.6 Å². The molecule has 2 aliphatic rings.